The third-order valence-corrected chi connectivity index (χ3v) is 5.01. The summed E-state index contributed by atoms with van der Waals surface area (Å²) in [6.45, 7) is 2.86. The number of rotatable bonds is 3. The third kappa shape index (κ3) is 2.72. The van der Waals surface area contributed by atoms with E-state index >= 15 is 0 Å². The number of nitrogens with zero attached hydrogens (tertiary/aromatic N) is 1. The van der Waals surface area contributed by atoms with Crippen molar-refractivity contribution in [3.63, 3.8) is 0 Å². The highest BCUT2D eigenvalue weighted by molar-refractivity contribution is 7.11. The van der Waals surface area contributed by atoms with Crippen LogP contribution in [0.1, 0.15) is 45.5 Å². The Morgan fingerprint density at radius 2 is 2.11 bits per heavy atom. The van der Waals surface area contributed by atoms with E-state index in [4.69, 9.17) is 10.7 Å². The van der Waals surface area contributed by atoms with E-state index < -0.39 is 0 Å². The van der Waals surface area contributed by atoms with Crippen LogP contribution in [0.3, 0.4) is 0 Å². The molecular weight excluding hydrogens is 252 g/mol. The van der Waals surface area contributed by atoms with Crippen LogP contribution in [0.4, 0.5) is 0 Å². The van der Waals surface area contributed by atoms with Gasteiger partial charge in [-0.1, -0.05) is 29.8 Å². The first kappa shape index (κ1) is 12.8. The fraction of sp³-hybridized carbons (Fsp3) is 0.438. The minimum absolute atomic E-state index is 0.492. The molecule has 0 spiro atoms. The largest absolute Gasteiger partial charge is 0.330 e. The average Bonchev–Trinajstić information content (AvgIpc) is 2.83. The molecule has 0 amide bonds. The Labute approximate surface area is 118 Å². The zero-order valence-electron chi connectivity index (χ0n) is 11.4. The molecular formula is C16H20N2S. The van der Waals surface area contributed by atoms with Gasteiger partial charge in [0.2, 0.25) is 0 Å². The van der Waals surface area contributed by atoms with Gasteiger partial charge in [-0.05, 0) is 31.7 Å². The molecule has 100 valence electrons. The van der Waals surface area contributed by atoms with Crippen molar-refractivity contribution >= 4 is 11.3 Å². The second-order valence-corrected chi connectivity index (χ2v) is 6.57. The normalized spacial score (nSPS) is 18.3. The van der Waals surface area contributed by atoms with E-state index in [-0.39, 0.29) is 0 Å². The Balaban J connectivity index is 1.82. The molecule has 0 radical (unpaired) electrons. The summed E-state index contributed by atoms with van der Waals surface area (Å²) in [6, 6.07) is 8.75. The van der Waals surface area contributed by atoms with Gasteiger partial charge in [0.05, 0.1) is 10.7 Å². The Morgan fingerprint density at radius 3 is 2.84 bits per heavy atom. The summed E-state index contributed by atoms with van der Waals surface area (Å²) < 4.78 is 0. The van der Waals surface area contributed by atoms with Gasteiger partial charge in [0.25, 0.3) is 0 Å². The van der Waals surface area contributed by atoms with Crippen LogP contribution in [0, 0.1) is 6.92 Å². The van der Waals surface area contributed by atoms with Crippen molar-refractivity contribution in [1.29, 1.82) is 0 Å². The van der Waals surface area contributed by atoms with Crippen LogP contribution in [0.2, 0.25) is 0 Å². The molecule has 0 saturated heterocycles. The number of thiazole rings is 1. The standard InChI is InChI=1S/C16H20N2S/c1-11-5-7-12(8-6-11)9-15-18-16-13(10-17)3-2-4-14(16)19-15/h5-8,13H,2-4,9-10,17H2,1H3. The van der Waals surface area contributed by atoms with Crippen molar-refractivity contribution in [1.82, 2.24) is 4.98 Å². The highest BCUT2D eigenvalue weighted by Gasteiger charge is 2.23. The minimum Gasteiger partial charge on any atom is -0.330 e. The van der Waals surface area contributed by atoms with Gasteiger partial charge in [0.1, 0.15) is 0 Å². The van der Waals surface area contributed by atoms with E-state index in [1.165, 1.54) is 46.0 Å². The van der Waals surface area contributed by atoms with E-state index in [0.29, 0.717) is 5.92 Å². The van der Waals surface area contributed by atoms with Gasteiger partial charge in [-0.25, -0.2) is 4.98 Å². The number of fused-ring (bicyclic) bond motifs is 1. The van der Waals surface area contributed by atoms with Gasteiger partial charge >= 0.3 is 0 Å². The van der Waals surface area contributed by atoms with Crippen molar-refractivity contribution in [2.24, 2.45) is 5.73 Å². The van der Waals surface area contributed by atoms with Crippen LogP contribution in [0.25, 0.3) is 0 Å². The lowest BCUT2D eigenvalue weighted by Gasteiger charge is -2.18. The summed E-state index contributed by atoms with van der Waals surface area (Å²) in [7, 11) is 0. The zero-order valence-corrected chi connectivity index (χ0v) is 12.2. The Bertz CT molecular complexity index is 557. The van der Waals surface area contributed by atoms with Gasteiger partial charge in [0, 0.05) is 23.8 Å². The van der Waals surface area contributed by atoms with Crippen molar-refractivity contribution in [3.8, 4) is 0 Å². The molecule has 0 fully saturated rings. The van der Waals surface area contributed by atoms with E-state index in [1.807, 2.05) is 11.3 Å². The molecule has 3 heteroatoms. The number of nitrogens with two attached hydrogens (primary N) is 1. The van der Waals surface area contributed by atoms with Crippen LogP contribution >= 0.6 is 11.3 Å². The average molecular weight is 272 g/mol. The van der Waals surface area contributed by atoms with Gasteiger partial charge in [0.15, 0.2) is 0 Å². The summed E-state index contributed by atoms with van der Waals surface area (Å²) in [4.78, 5) is 6.34. The van der Waals surface area contributed by atoms with Crippen LogP contribution in [-0.4, -0.2) is 11.5 Å². The summed E-state index contributed by atoms with van der Waals surface area (Å²) in [6.07, 6.45) is 4.62. The van der Waals surface area contributed by atoms with E-state index in [9.17, 15) is 0 Å². The molecule has 0 aliphatic heterocycles. The maximum absolute atomic E-state index is 5.86. The molecule has 1 aliphatic rings. The number of hydrogen-bond donors (Lipinski definition) is 1. The van der Waals surface area contributed by atoms with Crippen LogP contribution < -0.4 is 5.73 Å². The number of hydrogen-bond acceptors (Lipinski definition) is 3. The molecule has 0 bridgehead atoms. The van der Waals surface area contributed by atoms with Crippen molar-refractivity contribution in [2.45, 2.75) is 38.5 Å². The smallest absolute Gasteiger partial charge is 0.0975 e. The van der Waals surface area contributed by atoms with Crippen molar-refractivity contribution < 1.29 is 0 Å². The van der Waals surface area contributed by atoms with Crippen LogP contribution in [-0.2, 0) is 12.8 Å². The Morgan fingerprint density at radius 1 is 1.32 bits per heavy atom. The van der Waals surface area contributed by atoms with Crippen molar-refractivity contribution in [2.75, 3.05) is 6.54 Å². The summed E-state index contributed by atoms with van der Waals surface area (Å²) in [5, 5.41) is 1.24. The van der Waals surface area contributed by atoms with Crippen LogP contribution in [0.15, 0.2) is 24.3 Å². The fourth-order valence-electron chi connectivity index (χ4n) is 2.74. The molecule has 1 atom stereocenters. The summed E-state index contributed by atoms with van der Waals surface area (Å²) in [5.74, 6) is 0.492. The zero-order chi connectivity index (χ0) is 13.2. The number of aromatic nitrogens is 1. The minimum atomic E-state index is 0.492. The predicted octanol–water partition coefficient (Wildman–Crippen LogP) is 3.42. The van der Waals surface area contributed by atoms with Crippen LogP contribution in [0.5, 0.6) is 0 Å². The SMILES string of the molecule is Cc1ccc(Cc2nc3c(s2)CCCC3CN)cc1. The molecule has 2 nitrogen and oxygen atoms in total. The molecule has 1 heterocycles. The lowest BCUT2D eigenvalue weighted by molar-refractivity contribution is 0.553. The molecule has 3 rings (SSSR count). The molecule has 2 N–H and O–H groups in total. The first-order valence-electron chi connectivity index (χ1n) is 7.00. The second kappa shape index (κ2) is 5.43. The predicted molar refractivity (Wildman–Crippen MR) is 80.8 cm³/mol. The number of benzene rings is 1. The molecule has 1 unspecified atom stereocenters. The number of aryl methyl sites for hydroxylation is 2. The van der Waals surface area contributed by atoms with E-state index in [2.05, 4.69) is 31.2 Å². The summed E-state index contributed by atoms with van der Waals surface area (Å²) >= 11 is 1.89. The first-order chi connectivity index (χ1) is 9.26. The quantitative estimate of drug-likeness (QED) is 0.930. The molecule has 1 aliphatic carbocycles. The molecule has 0 saturated carbocycles. The lowest BCUT2D eigenvalue weighted by Crippen LogP contribution is -2.17. The topological polar surface area (TPSA) is 38.9 Å². The summed E-state index contributed by atoms with van der Waals surface area (Å²) in [5.41, 5.74) is 9.81. The molecule has 2 aromatic rings. The second-order valence-electron chi connectivity index (χ2n) is 5.40. The fourth-order valence-corrected chi connectivity index (χ4v) is 3.97. The van der Waals surface area contributed by atoms with E-state index in [0.717, 1.165) is 13.0 Å². The monoisotopic (exact) mass is 272 g/mol. The molecule has 1 aromatic heterocycles. The highest BCUT2D eigenvalue weighted by atomic mass is 32.1. The molecule has 1 aromatic carbocycles. The van der Waals surface area contributed by atoms with E-state index in [1.54, 1.807) is 0 Å². The van der Waals surface area contributed by atoms with Gasteiger partial charge in [-0.2, -0.15) is 0 Å². The van der Waals surface area contributed by atoms with Crippen molar-refractivity contribution in [3.05, 3.63) is 51.0 Å². The Kier molecular flexibility index (Phi) is 3.67. The van der Waals surface area contributed by atoms with Gasteiger partial charge in [-0.3, -0.25) is 0 Å². The maximum Gasteiger partial charge on any atom is 0.0975 e. The van der Waals surface area contributed by atoms with Gasteiger partial charge in [-0.15, -0.1) is 11.3 Å². The molecule has 19 heavy (non-hydrogen) atoms. The maximum atomic E-state index is 5.86. The first-order valence-corrected chi connectivity index (χ1v) is 7.82. The van der Waals surface area contributed by atoms with Gasteiger partial charge < -0.3 is 5.73 Å². The highest BCUT2D eigenvalue weighted by Crippen LogP contribution is 2.34. The lowest BCUT2D eigenvalue weighted by atomic mass is 9.91. The third-order valence-electron chi connectivity index (χ3n) is 3.88. The Hall–Kier alpha value is -1.19.